The summed E-state index contributed by atoms with van der Waals surface area (Å²) in [4.78, 5) is 14.6. The molecule has 1 saturated heterocycles. The Balaban J connectivity index is 1.24. The summed E-state index contributed by atoms with van der Waals surface area (Å²) in [5.74, 6) is 3.29. The van der Waals surface area contributed by atoms with Crippen molar-refractivity contribution in [3.05, 3.63) is 29.4 Å². The molecule has 3 atom stereocenters. The number of halogens is 1. The highest BCUT2D eigenvalue weighted by Crippen LogP contribution is 2.43. The second-order valence-corrected chi connectivity index (χ2v) is 7.65. The molecule has 2 fully saturated rings. The van der Waals surface area contributed by atoms with Gasteiger partial charge in [-0.15, -0.1) is 10.2 Å². The second-order valence-electron chi connectivity index (χ2n) is 7.26. The SMILES string of the molecule is O=C(NC[C@H]1C[C@H]2C=C[C@H]1C2)C1CCN(c2ccc(Cl)nn2)CC1. The maximum Gasteiger partial charge on any atom is 0.223 e. The second kappa shape index (κ2) is 6.71. The van der Waals surface area contributed by atoms with Crippen LogP contribution in [0.25, 0.3) is 0 Å². The topological polar surface area (TPSA) is 58.1 Å². The van der Waals surface area contributed by atoms with Gasteiger partial charge in [0.1, 0.15) is 0 Å². The van der Waals surface area contributed by atoms with Gasteiger partial charge < -0.3 is 10.2 Å². The van der Waals surface area contributed by atoms with Gasteiger partial charge in [0, 0.05) is 25.6 Å². The summed E-state index contributed by atoms with van der Waals surface area (Å²) in [6.45, 7) is 2.52. The largest absolute Gasteiger partial charge is 0.356 e. The third-order valence-corrected chi connectivity index (χ3v) is 5.96. The molecule has 2 bridgehead atoms. The van der Waals surface area contributed by atoms with Gasteiger partial charge >= 0.3 is 0 Å². The lowest BCUT2D eigenvalue weighted by Gasteiger charge is -2.32. The summed E-state index contributed by atoms with van der Waals surface area (Å²) in [6, 6.07) is 3.64. The molecule has 1 N–H and O–H groups in total. The molecule has 0 aromatic carbocycles. The maximum atomic E-state index is 12.5. The van der Waals surface area contributed by atoms with E-state index < -0.39 is 0 Å². The highest BCUT2D eigenvalue weighted by atomic mass is 35.5. The first-order chi connectivity index (χ1) is 11.7. The number of amides is 1. The average Bonchev–Trinajstić information content (AvgIpc) is 3.23. The fraction of sp³-hybridized carbons (Fsp3) is 0.611. The van der Waals surface area contributed by atoms with Crippen molar-refractivity contribution in [3.63, 3.8) is 0 Å². The molecular weight excluding hydrogens is 324 g/mol. The summed E-state index contributed by atoms with van der Waals surface area (Å²) in [7, 11) is 0. The van der Waals surface area contributed by atoms with Gasteiger partial charge in [-0.3, -0.25) is 4.79 Å². The molecule has 1 aromatic heterocycles. The maximum absolute atomic E-state index is 12.5. The lowest BCUT2D eigenvalue weighted by atomic mass is 9.92. The molecule has 2 heterocycles. The molecule has 1 aliphatic heterocycles. The number of rotatable bonds is 4. The zero-order chi connectivity index (χ0) is 16.5. The number of aromatic nitrogens is 2. The molecule has 4 rings (SSSR count). The van der Waals surface area contributed by atoms with Gasteiger partial charge in [0.05, 0.1) is 0 Å². The number of allylic oxidation sites excluding steroid dienone is 2. The van der Waals surface area contributed by atoms with Crippen molar-refractivity contribution in [2.75, 3.05) is 24.5 Å². The van der Waals surface area contributed by atoms with Crippen LogP contribution >= 0.6 is 11.6 Å². The van der Waals surface area contributed by atoms with Crippen LogP contribution < -0.4 is 10.2 Å². The van der Waals surface area contributed by atoms with Crippen molar-refractivity contribution in [2.45, 2.75) is 25.7 Å². The standard InChI is InChI=1S/C18H23ClN4O/c19-16-3-4-17(22-21-16)23-7-5-13(6-8-23)18(24)20-11-15-10-12-1-2-14(15)9-12/h1-4,12-15H,5-11H2,(H,20,24)/t12-,14-,15+/m0/s1. The highest BCUT2D eigenvalue weighted by Gasteiger charge is 2.36. The number of carbonyl (C=O) groups is 1. The Labute approximate surface area is 147 Å². The zero-order valence-corrected chi connectivity index (χ0v) is 14.5. The van der Waals surface area contributed by atoms with Crippen molar-refractivity contribution in [1.29, 1.82) is 0 Å². The van der Waals surface area contributed by atoms with Crippen molar-refractivity contribution in [1.82, 2.24) is 15.5 Å². The quantitative estimate of drug-likeness (QED) is 0.851. The van der Waals surface area contributed by atoms with Crippen LogP contribution in [-0.4, -0.2) is 35.7 Å². The van der Waals surface area contributed by atoms with E-state index in [1.807, 2.05) is 6.07 Å². The molecule has 0 radical (unpaired) electrons. The van der Waals surface area contributed by atoms with Gasteiger partial charge in [0.25, 0.3) is 0 Å². The molecule has 1 saturated carbocycles. The number of anilines is 1. The number of hydrogen-bond acceptors (Lipinski definition) is 4. The molecule has 2 aliphatic carbocycles. The van der Waals surface area contributed by atoms with E-state index in [0.717, 1.165) is 44.2 Å². The number of hydrogen-bond donors (Lipinski definition) is 1. The molecule has 0 unspecified atom stereocenters. The molecule has 1 amide bonds. The van der Waals surface area contributed by atoms with Gasteiger partial charge in [-0.2, -0.15) is 0 Å². The van der Waals surface area contributed by atoms with Gasteiger partial charge in [-0.1, -0.05) is 23.8 Å². The average molecular weight is 347 g/mol. The summed E-state index contributed by atoms with van der Waals surface area (Å²) in [6.07, 6.45) is 8.96. The predicted molar refractivity (Wildman–Crippen MR) is 93.8 cm³/mol. The third kappa shape index (κ3) is 3.27. The van der Waals surface area contributed by atoms with Crippen LogP contribution in [-0.2, 0) is 4.79 Å². The molecule has 6 heteroatoms. The summed E-state index contributed by atoms with van der Waals surface area (Å²) in [5.41, 5.74) is 0. The van der Waals surface area contributed by atoms with Gasteiger partial charge in [0.2, 0.25) is 5.91 Å². The fourth-order valence-electron chi connectivity index (χ4n) is 4.35. The zero-order valence-electron chi connectivity index (χ0n) is 13.7. The highest BCUT2D eigenvalue weighted by molar-refractivity contribution is 6.29. The number of nitrogens with one attached hydrogen (secondary N) is 1. The van der Waals surface area contributed by atoms with Gasteiger partial charge in [0.15, 0.2) is 11.0 Å². The van der Waals surface area contributed by atoms with E-state index in [4.69, 9.17) is 11.6 Å². The number of piperidine rings is 1. The van der Waals surface area contributed by atoms with Crippen molar-refractivity contribution >= 4 is 23.3 Å². The monoisotopic (exact) mass is 346 g/mol. The van der Waals surface area contributed by atoms with Gasteiger partial charge in [-0.25, -0.2) is 0 Å². The Morgan fingerprint density at radius 1 is 1.21 bits per heavy atom. The molecule has 128 valence electrons. The Morgan fingerprint density at radius 2 is 2.04 bits per heavy atom. The lowest BCUT2D eigenvalue weighted by Crippen LogP contribution is -2.42. The van der Waals surface area contributed by atoms with Crippen LogP contribution in [0.5, 0.6) is 0 Å². The van der Waals surface area contributed by atoms with Crippen LogP contribution in [0, 0.1) is 23.7 Å². The minimum Gasteiger partial charge on any atom is -0.356 e. The number of fused-ring (bicyclic) bond motifs is 2. The first-order valence-electron chi connectivity index (χ1n) is 8.89. The Hall–Kier alpha value is -1.62. The Kier molecular flexibility index (Phi) is 4.44. The van der Waals surface area contributed by atoms with Gasteiger partial charge in [-0.05, 0) is 55.6 Å². The lowest BCUT2D eigenvalue weighted by molar-refractivity contribution is -0.125. The van der Waals surface area contributed by atoms with Crippen LogP contribution in [0.1, 0.15) is 25.7 Å². The van der Waals surface area contributed by atoms with E-state index in [-0.39, 0.29) is 11.8 Å². The smallest absolute Gasteiger partial charge is 0.223 e. The molecule has 1 aromatic rings. The minimum atomic E-state index is 0.121. The van der Waals surface area contributed by atoms with Crippen molar-refractivity contribution < 1.29 is 4.79 Å². The number of carbonyl (C=O) groups excluding carboxylic acids is 1. The Bertz CT molecular complexity index is 624. The Morgan fingerprint density at radius 3 is 2.67 bits per heavy atom. The van der Waals surface area contributed by atoms with Crippen molar-refractivity contribution in [2.24, 2.45) is 23.7 Å². The number of nitrogens with zero attached hydrogens (tertiary/aromatic N) is 3. The van der Waals surface area contributed by atoms with Crippen LogP contribution in [0.4, 0.5) is 5.82 Å². The minimum absolute atomic E-state index is 0.121. The summed E-state index contributed by atoms with van der Waals surface area (Å²) < 4.78 is 0. The molecule has 3 aliphatic rings. The first-order valence-corrected chi connectivity index (χ1v) is 9.27. The summed E-state index contributed by atoms with van der Waals surface area (Å²) >= 11 is 5.78. The van der Waals surface area contributed by atoms with E-state index >= 15 is 0 Å². The van der Waals surface area contributed by atoms with Crippen LogP contribution in [0.2, 0.25) is 5.15 Å². The molecule has 24 heavy (non-hydrogen) atoms. The van der Waals surface area contributed by atoms with Crippen LogP contribution in [0.15, 0.2) is 24.3 Å². The normalized spacial score (nSPS) is 29.2. The van der Waals surface area contributed by atoms with E-state index in [2.05, 4.69) is 32.6 Å². The predicted octanol–water partition coefficient (Wildman–Crippen LogP) is 2.67. The van der Waals surface area contributed by atoms with Crippen LogP contribution in [0.3, 0.4) is 0 Å². The fourth-order valence-corrected chi connectivity index (χ4v) is 4.45. The van der Waals surface area contributed by atoms with E-state index in [1.165, 1.54) is 12.8 Å². The van der Waals surface area contributed by atoms with E-state index in [1.54, 1.807) is 6.07 Å². The molecule has 5 nitrogen and oxygen atoms in total. The summed E-state index contributed by atoms with van der Waals surface area (Å²) in [5, 5.41) is 11.6. The van der Waals surface area contributed by atoms with E-state index in [0.29, 0.717) is 17.0 Å². The first kappa shape index (κ1) is 15.9. The third-order valence-electron chi connectivity index (χ3n) is 5.76. The molecular formula is C18H23ClN4O. The van der Waals surface area contributed by atoms with E-state index in [9.17, 15) is 4.79 Å². The molecule has 0 spiro atoms. The van der Waals surface area contributed by atoms with Crippen molar-refractivity contribution in [3.8, 4) is 0 Å².